The van der Waals surface area contributed by atoms with Crippen molar-refractivity contribution in [3.8, 4) is 0 Å². The lowest BCUT2D eigenvalue weighted by Gasteiger charge is -2.08. The van der Waals surface area contributed by atoms with E-state index in [2.05, 4.69) is 10.3 Å². The number of cyclic esters (lactones) is 1. The van der Waals surface area contributed by atoms with Crippen LogP contribution in [0, 0.1) is 0 Å². The van der Waals surface area contributed by atoms with Gasteiger partial charge in [0.1, 0.15) is 6.04 Å². The van der Waals surface area contributed by atoms with Crippen LogP contribution < -0.4 is 5.32 Å². The fraction of sp³-hybridized carbons (Fsp3) is 0.333. The molecule has 0 aliphatic carbocycles. The van der Waals surface area contributed by atoms with Gasteiger partial charge in [0.05, 0.1) is 12.3 Å². The summed E-state index contributed by atoms with van der Waals surface area (Å²) in [4.78, 5) is 15.0. The van der Waals surface area contributed by atoms with Crippen LogP contribution in [0.3, 0.4) is 0 Å². The van der Waals surface area contributed by atoms with Gasteiger partial charge in [0, 0.05) is 18.8 Å². The number of pyridine rings is 1. The van der Waals surface area contributed by atoms with Crippen molar-refractivity contribution in [2.75, 3.05) is 11.9 Å². The van der Waals surface area contributed by atoms with Gasteiger partial charge in [-0.15, -0.1) is 0 Å². The fourth-order valence-electron chi connectivity index (χ4n) is 1.28. The van der Waals surface area contributed by atoms with Gasteiger partial charge in [-0.2, -0.15) is 0 Å². The summed E-state index contributed by atoms with van der Waals surface area (Å²) in [6, 6.07) is 3.49. The molecule has 1 saturated heterocycles. The molecule has 1 aromatic heterocycles. The van der Waals surface area contributed by atoms with Crippen molar-refractivity contribution in [2.45, 2.75) is 12.5 Å². The molecule has 4 nitrogen and oxygen atoms in total. The van der Waals surface area contributed by atoms with Crippen LogP contribution in [-0.2, 0) is 9.53 Å². The Morgan fingerprint density at radius 2 is 2.54 bits per heavy atom. The van der Waals surface area contributed by atoms with Crippen molar-refractivity contribution in [3.63, 3.8) is 0 Å². The first kappa shape index (κ1) is 8.04. The molecular weight excluding hydrogens is 168 g/mol. The predicted octanol–water partition coefficient (Wildman–Crippen LogP) is 0.809. The highest BCUT2D eigenvalue weighted by Crippen LogP contribution is 2.12. The molecule has 0 saturated carbocycles. The third-order valence-corrected chi connectivity index (χ3v) is 1.94. The molecule has 1 aliphatic rings. The Morgan fingerprint density at radius 3 is 3.15 bits per heavy atom. The normalized spacial score (nSPS) is 21.2. The van der Waals surface area contributed by atoms with Crippen molar-refractivity contribution in [2.24, 2.45) is 0 Å². The standard InChI is InChI=1S/C9H10N2O2/c12-9-8(3-5-13-9)11-7-2-1-4-10-6-7/h1-2,4,6,8,11H,3,5H2. The largest absolute Gasteiger partial charge is 0.464 e. The van der Waals surface area contributed by atoms with Crippen LogP contribution in [0.4, 0.5) is 5.69 Å². The Labute approximate surface area is 75.9 Å². The lowest BCUT2D eigenvalue weighted by Crippen LogP contribution is -2.24. The van der Waals surface area contributed by atoms with Crippen LogP contribution in [0.15, 0.2) is 24.5 Å². The van der Waals surface area contributed by atoms with Gasteiger partial charge in [-0.25, -0.2) is 4.79 Å². The molecule has 0 amide bonds. The highest BCUT2D eigenvalue weighted by Gasteiger charge is 2.25. The van der Waals surface area contributed by atoms with Crippen molar-refractivity contribution >= 4 is 11.7 Å². The summed E-state index contributed by atoms with van der Waals surface area (Å²) in [7, 11) is 0. The van der Waals surface area contributed by atoms with E-state index < -0.39 is 0 Å². The quantitative estimate of drug-likeness (QED) is 0.681. The number of ether oxygens (including phenoxy) is 1. The molecule has 2 heterocycles. The van der Waals surface area contributed by atoms with E-state index in [4.69, 9.17) is 4.74 Å². The van der Waals surface area contributed by atoms with Gasteiger partial charge >= 0.3 is 5.97 Å². The molecule has 0 bridgehead atoms. The molecule has 1 unspecified atom stereocenters. The molecule has 0 spiro atoms. The minimum absolute atomic E-state index is 0.177. The number of aromatic nitrogens is 1. The molecule has 1 fully saturated rings. The van der Waals surface area contributed by atoms with Crippen LogP contribution in [-0.4, -0.2) is 23.6 Å². The summed E-state index contributed by atoms with van der Waals surface area (Å²) in [5.74, 6) is -0.177. The lowest BCUT2D eigenvalue weighted by molar-refractivity contribution is -0.138. The molecule has 0 radical (unpaired) electrons. The van der Waals surface area contributed by atoms with E-state index in [9.17, 15) is 4.79 Å². The van der Waals surface area contributed by atoms with Crippen LogP contribution in [0.1, 0.15) is 6.42 Å². The molecule has 1 atom stereocenters. The number of esters is 1. The summed E-state index contributed by atoms with van der Waals surface area (Å²) < 4.78 is 4.82. The molecule has 1 aromatic rings. The number of hydrogen-bond donors (Lipinski definition) is 1. The van der Waals surface area contributed by atoms with Gasteiger partial charge < -0.3 is 10.1 Å². The van der Waals surface area contributed by atoms with Crippen molar-refractivity contribution < 1.29 is 9.53 Å². The van der Waals surface area contributed by atoms with E-state index in [0.29, 0.717) is 6.61 Å². The van der Waals surface area contributed by atoms with Gasteiger partial charge in [0.2, 0.25) is 0 Å². The van der Waals surface area contributed by atoms with Crippen LogP contribution in [0.5, 0.6) is 0 Å². The first-order valence-electron chi connectivity index (χ1n) is 4.19. The van der Waals surface area contributed by atoms with Gasteiger partial charge in [0.15, 0.2) is 0 Å². The first-order chi connectivity index (χ1) is 6.36. The van der Waals surface area contributed by atoms with Crippen LogP contribution >= 0.6 is 0 Å². The average molecular weight is 178 g/mol. The second-order valence-electron chi connectivity index (χ2n) is 2.89. The van der Waals surface area contributed by atoms with E-state index in [0.717, 1.165) is 12.1 Å². The van der Waals surface area contributed by atoms with E-state index >= 15 is 0 Å². The number of carbonyl (C=O) groups is 1. The van der Waals surface area contributed by atoms with Crippen molar-refractivity contribution in [3.05, 3.63) is 24.5 Å². The fourth-order valence-corrected chi connectivity index (χ4v) is 1.28. The maximum absolute atomic E-state index is 11.1. The number of rotatable bonds is 2. The lowest BCUT2D eigenvalue weighted by atomic mass is 10.2. The summed E-state index contributed by atoms with van der Waals surface area (Å²) in [5.41, 5.74) is 0.853. The minimum atomic E-state index is -0.204. The SMILES string of the molecule is O=C1OCCC1Nc1cccnc1. The highest BCUT2D eigenvalue weighted by molar-refractivity contribution is 5.80. The third-order valence-electron chi connectivity index (χ3n) is 1.94. The van der Waals surface area contributed by atoms with E-state index in [1.165, 1.54) is 0 Å². The first-order valence-corrected chi connectivity index (χ1v) is 4.19. The number of nitrogens with one attached hydrogen (secondary N) is 1. The Morgan fingerprint density at radius 1 is 1.62 bits per heavy atom. The zero-order valence-electron chi connectivity index (χ0n) is 7.06. The van der Waals surface area contributed by atoms with E-state index in [-0.39, 0.29) is 12.0 Å². The Hall–Kier alpha value is -1.58. The van der Waals surface area contributed by atoms with Gasteiger partial charge in [-0.3, -0.25) is 4.98 Å². The summed E-state index contributed by atoms with van der Waals surface area (Å²) >= 11 is 0. The van der Waals surface area contributed by atoms with Gasteiger partial charge in [0.25, 0.3) is 0 Å². The van der Waals surface area contributed by atoms with E-state index in [1.54, 1.807) is 12.4 Å². The number of nitrogens with zero attached hydrogens (tertiary/aromatic N) is 1. The average Bonchev–Trinajstić information content (AvgIpc) is 2.54. The molecular formula is C9H10N2O2. The topological polar surface area (TPSA) is 51.2 Å². The summed E-state index contributed by atoms with van der Waals surface area (Å²) in [6.45, 7) is 0.511. The van der Waals surface area contributed by atoms with E-state index in [1.807, 2.05) is 12.1 Å². The zero-order chi connectivity index (χ0) is 9.10. The predicted molar refractivity (Wildman–Crippen MR) is 47.2 cm³/mol. The van der Waals surface area contributed by atoms with Crippen molar-refractivity contribution in [1.29, 1.82) is 0 Å². The molecule has 13 heavy (non-hydrogen) atoms. The summed E-state index contributed by atoms with van der Waals surface area (Å²) in [6.07, 6.45) is 4.11. The van der Waals surface area contributed by atoms with Gasteiger partial charge in [-0.05, 0) is 12.1 Å². The minimum Gasteiger partial charge on any atom is -0.464 e. The highest BCUT2D eigenvalue weighted by atomic mass is 16.5. The Kier molecular flexibility index (Phi) is 2.12. The maximum Gasteiger partial charge on any atom is 0.328 e. The second-order valence-corrected chi connectivity index (χ2v) is 2.89. The zero-order valence-corrected chi connectivity index (χ0v) is 7.06. The van der Waals surface area contributed by atoms with Crippen LogP contribution in [0.2, 0.25) is 0 Å². The molecule has 4 heteroatoms. The molecule has 2 rings (SSSR count). The molecule has 0 aromatic carbocycles. The monoisotopic (exact) mass is 178 g/mol. The molecule has 1 N–H and O–H groups in total. The van der Waals surface area contributed by atoms with Crippen LogP contribution in [0.25, 0.3) is 0 Å². The number of anilines is 1. The second kappa shape index (κ2) is 3.43. The molecule has 68 valence electrons. The molecule has 1 aliphatic heterocycles. The van der Waals surface area contributed by atoms with Gasteiger partial charge in [-0.1, -0.05) is 0 Å². The Bertz CT molecular complexity index is 300. The summed E-state index contributed by atoms with van der Waals surface area (Å²) in [5, 5.41) is 3.05. The number of carbonyl (C=O) groups excluding carboxylic acids is 1. The van der Waals surface area contributed by atoms with Crippen molar-refractivity contribution in [1.82, 2.24) is 4.98 Å². The number of hydrogen-bond acceptors (Lipinski definition) is 4. The smallest absolute Gasteiger partial charge is 0.328 e. The third kappa shape index (κ3) is 1.77. The Balaban J connectivity index is 2.02. The maximum atomic E-state index is 11.1.